The van der Waals surface area contributed by atoms with Crippen LogP contribution in [0.1, 0.15) is 57.2 Å². The third-order valence-electron chi connectivity index (χ3n) is 6.10. The van der Waals surface area contributed by atoms with Crippen LogP contribution in [0.3, 0.4) is 0 Å². The van der Waals surface area contributed by atoms with Gasteiger partial charge in [-0.15, -0.1) is 0 Å². The van der Waals surface area contributed by atoms with Crippen molar-refractivity contribution >= 4 is 23.7 Å². The van der Waals surface area contributed by atoms with Gasteiger partial charge in [0.1, 0.15) is 18.2 Å². The first-order valence-corrected chi connectivity index (χ1v) is 12.9. The molecule has 1 unspecified atom stereocenters. The van der Waals surface area contributed by atoms with Gasteiger partial charge in [-0.1, -0.05) is 36.4 Å². The van der Waals surface area contributed by atoms with Gasteiger partial charge in [-0.2, -0.15) is 0 Å². The maximum Gasteiger partial charge on any atom is 0.339 e. The molecule has 0 saturated heterocycles. The monoisotopic (exact) mass is 509 g/mol. The molecule has 0 bridgehead atoms. The summed E-state index contributed by atoms with van der Waals surface area (Å²) in [5, 5.41) is 1.25. The molecule has 8 nitrogen and oxygen atoms in total. The molecule has 1 N–H and O–H groups in total. The zero-order chi connectivity index (χ0) is 27.0. The number of nitrogens with zero attached hydrogens (tertiary/aromatic N) is 2. The van der Waals surface area contributed by atoms with E-state index in [0.29, 0.717) is 18.5 Å². The predicted octanol–water partition coefficient (Wildman–Crippen LogP) is 4.44. The maximum absolute atomic E-state index is 13.7. The van der Waals surface area contributed by atoms with Crippen LogP contribution in [0.2, 0.25) is 0 Å². The molecule has 2 aromatic carbocycles. The summed E-state index contributed by atoms with van der Waals surface area (Å²) < 4.78 is 10.8. The number of carbonyl (C=O) groups excluding carboxylic acids is 3. The van der Waals surface area contributed by atoms with Gasteiger partial charge in [0.15, 0.2) is 0 Å². The minimum absolute atomic E-state index is 0.236. The van der Waals surface area contributed by atoms with Gasteiger partial charge < -0.3 is 9.47 Å². The summed E-state index contributed by atoms with van der Waals surface area (Å²) in [6.45, 7) is 7.09. The normalized spacial score (nSPS) is 13.4. The SMILES string of the molecule is CCOC(=O)C(CCc1ccccc1)NN(C)C(=O)N(CC(=O)OC(C)(C)C)c1ccc2c(c1)CCC2. The van der Waals surface area contributed by atoms with Crippen LogP contribution in [0.25, 0.3) is 0 Å². The third-order valence-corrected chi connectivity index (χ3v) is 6.10. The average Bonchev–Trinajstić information content (AvgIpc) is 3.32. The molecule has 0 aliphatic heterocycles. The number of amides is 2. The molecule has 0 radical (unpaired) electrons. The standard InChI is InChI=1S/C29H39N3O5/c1-6-36-27(34)25(18-15-21-11-8-7-9-12-21)30-31(5)28(35)32(20-26(33)37-29(2,3)4)24-17-16-22-13-10-14-23(22)19-24/h7-9,11-12,16-17,19,25,30H,6,10,13-15,18,20H2,1-5H3. The first-order valence-electron chi connectivity index (χ1n) is 12.9. The Kier molecular flexibility index (Phi) is 9.69. The number of hydrogen-bond acceptors (Lipinski definition) is 6. The topological polar surface area (TPSA) is 88.2 Å². The van der Waals surface area contributed by atoms with E-state index in [9.17, 15) is 14.4 Å². The number of carbonyl (C=O) groups is 3. The van der Waals surface area contributed by atoms with Crippen LogP contribution in [-0.4, -0.2) is 54.8 Å². The molecule has 0 aromatic heterocycles. The molecule has 200 valence electrons. The Morgan fingerprint density at radius 1 is 1.03 bits per heavy atom. The van der Waals surface area contributed by atoms with Crippen molar-refractivity contribution in [2.45, 2.75) is 71.4 Å². The van der Waals surface area contributed by atoms with Crippen molar-refractivity contribution in [2.24, 2.45) is 0 Å². The van der Waals surface area contributed by atoms with Gasteiger partial charge in [0.25, 0.3) is 0 Å². The van der Waals surface area contributed by atoms with Crippen LogP contribution in [0.15, 0.2) is 48.5 Å². The van der Waals surface area contributed by atoms with Crippen LogP contribution >= 0.6 is 0 Å². The Morgan fingerprint density at radius 2 is 1.73 bits per heavy atom. The van der Waals surface area contributed by atoms with Gasteiger partial charge in [0.2, 0.25) is 0 Å². The van der Waals surface area contributed by atoms with Crippen LogP contribution in [-0.2, 0) is 38.3 Å². The molecule has 8 heteroatoms. The fourth-order valence-corrected chi connectivity index (χ4v) is 4.40. The van der Waals surface area contributed by atoms with Gasteiger partial charge in [0, 0.05) is 12.7 Å². The lowest BCUT2D eigenvalue weighted by atomic mass is 10.1. The second kappa shape index (κ2) is 12.7. The molecule has 2 aromatic rings. The third kappa shape index (κ3) is 8.32. The fraction of sp³-hybridized carbons (Fsp3) is 0.483. The van der Waals surface area contributed by atoms with Gasteiger partial charge in [-0.05, 0) is 88.6 Å². The van der Waals surface area contributed by atoms with Crippen LogP contribution < -0.4 is 10.3 Å². The smallest absolute Gasteiger partial charge is 0.339 e. The van der Waals surface area contributed by atoms with Gasteiger partial charge in [-0.25, -0.2) is 10.2 Å². The van der Waals surface area contributed by atoms with Crippen molar-refractivity contribution in [3.05, 3.63) is 65.2 Å². The second-order valence-corrected chi connectivity index (χ2v) is 10.3. The first kappa shape index (κ1) is 28.2. The van der Waals surface area contributed by atoms with Crippen molar-refractivity contribution in [2.75, 3.05) is 25.1 Å². The Morgan fingerprint density at radius 3 is 2.41 bits per heavy atom. The summed E-state index contributed by atoms with van der Waals surface area (Å²) in [5.41, 5.74) is 6.47. The van der Waals surface area contributed by atoms with E-state index >= 15 is 0 Å². The Balaban J connectivity index is 1.79. The fourth-order valence-electron chi connectivity index (χ4n) is 4.40. The van der Waals surface area contributed by atoms with Crippen molar-refractivity contribution in [3.63, 3.8) is 0 Å². The highest BCUT2D eigenvalue weighted by Crippen LogP contribution is 2.27. The predicted molar refractivity (Wildman–Crippen MR) is 143 cm³/mol. The number of hydrazine groups is 1. The molecule has 0 fully saturated rings. The quantitative estimate of drug-likeness (QED) is 0.376. The van der Waals surface area contributed by atoms with Crippen molar-refractivity contribution in [3.8, 4) is 0 Å². The Labute approximate surface area is 219 Å². The summed E-state index contributed by atoms with van der Waals surface area (Å²) >= 11 is 0. The number of anilines is 1. The molecule has 2 amide bonds. The van der Waals surface area contributed by atoms with Crippen molar-refractivity contribution in [1.29, 1.82) is 0 Å². The maximum atomic E-state index is 13.7. The van der Waals surface area contributed by atoms with Gasteiger partial charge >= 0.3 is 18.0 Å². The molecule has 0 heterocycles. The molecule has 0 spiro atoms. The zero-order valence-electron chi connectivity index (χ0n) is 22.6. The van der Waals surface area contributed by atoms with E-state index < -0.39 is 29.6 Å². The van der Waals surface area contributed by atoms with Gasteiger partial charge in [0.05, 0.1) is 6.61 Å². The molecular weight excluding hydrogens is 470 g/mol. The van der Waals surface area contributed by atoms with E-state index in [1.165, 1.54) is 21.0 Å². The molecule has 0 saturated carbocycles. The lowest BCUT2D eigenvalue weighted by molar-refractivity contribution is -0.153. The van der Waals surface area contributed by atoms with E-state index in [-0.39, 0.29) is 13.2 Å². The number of ether oxygens (including phenoxy) is 2. The number of rotatable bonds is 10. The number of urea groups is 1. The summed E-state index contributed by atoms with van der Waals surface area (Å²) in [6, 6.07) is 14.5. The lowest BCUT2D eigenvalue weighted by Crippen LogP contribution is -2.55. The Bertz CT molecular complexity index is 1080. The summed E-state index contributed by atoms with van der Waals surface area (Å²) in [5.74, 6) is -0.949. The number of benzene rings is 2. The van der Waals surface area contributed by atoms with Crippen molar-refractivity contribution < 1.29 is 23.9 Å². The van der Waals surface area contributed by atoms with Crippen LogP contribution in [0.4, 0.5) is 10.5 Å². The Hall–Kier alpha value is -3.39. The molecule has 3 rings (SSSR count). The molecule has 37 heavy (non-hydrogen) atoms. The number of esters is 2. The van der Waals surface area contributed by atoms with E-state index in [1.807, 2.05) is 48.5 Å². The van der Waals surface area contributed by atoms with E-state index in [4.69, 9.17) is 9.47 Å². The molecular formula is C29H39N3O5. The van der Waals surface area contributed by atoms with E-state index in [2.05, 4.69) is 5.43 Å². The minimum atomic E-state index is -0.738. The van der Waals surface area contributed by atoms with Crippen LogP contribution in [0.5, 0.6) is 0 Å². The summed E-state index contributed by atoms with van der Waals surface area (Å²) in [6.07, 6.45) is 4.09. The number of fused-ring (bicyclic) bond motifs is 1. The highest BCUT2D eigenvalue weighted by Gasteiger charge is 2.29. The lowest BCUT2D eigenvalue weighted by Gasteiger charge is -2.31. The number of aryl methyl sites for hydroxylation is 3. The largest absolute Gasteiger partial charge is 0.465 e. The summed E-state index contributed by atoms with van der Waals surface area (Å²) in [7, 11) is 1.55. The second-order valence-electron chi connectivity index (χ2n) is 10.3. The zero-order valence-corrected chi connectivity index (χ0v) is 22.6. The number of nitrogens with one attached hydrogen (secondary N) is 1. The molecule has 1 aliphatic rings. The minimum Gasteiger partial charge on any atom is -0.465 e. The average molecular weight is 510 g/mol. The molecule has 1 atom stereocenters. The van der Waals surface area contributed by atoms with Crippen LogP contribution in [0, 0.1) is 0 Å². The van der Waals surface area contributed by atoms with Crippen molar-refractivity contribution in [1.82, 2.24) is 10.4 Å². The molecule has 1 aliphatic carbocycles. The first-order chi connectivity index (χ1) is 17.6. The van der Waals surface area contributed by atoms with E-state index in [1.54, 1.807) is 34.7 Å². The number of hydrogen-bond donors (Lipinski definition) is 1. The highest BCUT2D eigenvalue weighted by atomic mass is 16.6. The van der Waals surface area contributed by atoms with Gasteiger partial charge in [-0.3, -0.25) is 19.5 Å². The highest BCUT2D eigenvalue weighted by molar-refractivity contribution is 5.96. The van der Waals surface area contributed by atoms with E-state index in [0.717, 1.165) is 24.8 Å². The summed E-state index contributed by atoms with van der Waals surface area (Å²) in [4.78, 5) is 40.5.